The molecule has 0 N–H and O–H groups in total. The van der Waals surface area contributed by atoms with Crippen LogP contribution in [0.25, 0.3) is 0 Å². The number of allylic oxidation sites excluding steroid dienone is 1. The van der Waals surface area contributed by atoms with Crippen LogP contribution < -0.4 is 4.57 Å². The molecule has 1 aromatic heterocycles. The van der Waals surface area contributed by atoms with Crippen molar-refractivity contribution >= 4 is 35.1 Å². The number of carbonyl (C=O) groups excluding carboxylic acids is 2. The summed E-state index contributed by atoms with van der Waals surface area (Å²) >= 11 is 7.75. The first kappa shape index (κ1) is 16.5. The molecular weight excluding hydrogens is 332 g/mol. The van der Waals surface area contributed by atoms with E-state index < -0.39 is 10.8 Å². The maximum atomic E-state index is 12.9. The molecule has 0 saturated carbocycles. The summed E-state index contributed by atoms with van der Waals surface area (Å²) in [6, 6.07) is 5.86. The van der Waals surface area contributed by atoms with Gasteiger partial charge in [-0.2, -0.15) is 0 Å². The number of ketones is 1. The van der Waals surface area contributed by atoms with Crippen molar-refractivity contribution in [1.82, 2.24) is 4.90 Å². The van der Waals surface area contributed by atoms with Crippen LogP contribution in [0, 0.1) is 5.41 Å². The molecule has 3 heterocycles. The van der Waals surface area contributed by atoms with Gasteiger partial charge in [0.05, 0.1) is 5.70 Å². The SMILES string of the molecule is CC(C)(C)C(=O)C1=C(C[n+]2ccccc2)CS[C@H]2[C@@H](Cl)C(=O)N12. The fourth-order valence-electron chi connectivity index (χ4n) is 2.76. The molecule has 0 spiro atoms. The second kappa shape index (κ2) is 5.95. The van der Waals surface area contributed by atoms with E-state index in [9.17, 15) is 9.59 Å². The molecule has 1 fully saturated rings. The molecular formula is C17H20ClN2O2S+. The Balaban J connectivity index is 2.01. The zero-order valence-corrected chi connectivity index (χ0v) is 15.0. The van der Waals surface area contributed by atoms with E-state index in [2.05, 4.69) is 0 Å². The van der Waals surface area contributed by atoms with Crippen molar-refractivity contribution in [2.24, 2.45) is 5.41 Å². The third-order valence-electron chi connectivity index (χ3n) is 4.03. The average Bonchev–Trinajstić information content (AvgIpc) is 2.53. The predicted molar refractivity (Wildman–Crippen MR) is 90.9 cm³/mol. The van der Waals surface area contributed by atoms with Gasteiger partial charge < -0.3 is 0 Å². The number of hydrogen-bond donors (Lipinski definition) is 0. The first-order valence-corrected chi connectivity index (χ1v) is 9.09. The smallest absolute Gasteiger partial charge is 0.249 e. The largest absolute Gasteiger partial charge is 0.293 e. The second-order valence-electron chi connectivity index (χ2n) is 6.89. The number of carbonyl (C=O) groups is 2. The maximum Gasteiger partial charge on any atom is 0.249 e. The van der Waals surface area contributed by atoms with E-state index in [0.717, 1.165) is 11.3 Å². The number of hydrogen-bond acceptors (Lipinski definition) is 3. The molecule has 4 nitrogen and oxygen atoms in total. The molecule has 1 aromatic rings. The maximum absolute atomic E-state index is 12.9. The summed E-state index contributed by atoms with van der Waals surface area (Å²) in [4.78, 5) is 26.8. The minimum atomic E-state index is -0.536. The molecule has 6 heteroatoms. The van der Waals surface area contributed by atoms with Gasteiger partial charge in [0.1, 0.15) is 10.8 Å². The van der Waals surface area contributed by atoms with Crippen LogP contribution in [0.2, 0.25) is 0 Å². The highest BCUT2D eigenvalue weighted by atomic mass is 35.5. The number of amides is 1. The number of rotatable bonds is 3. The van der Waals surface area contributed by atoms with Crippen LogP contribution in [-0.4, -0.2) is 33.1 Å². The minimum Gasteiger partial charge on any atom is -0.293 e. The molecule has 0 bridgehead atoms. The van der Waals surface area contributed by atoms with Crippen molar-refractivity contribution in [2.75, 3.05) is 5.75 Å². The number of Topliss-reactive ketones (excluding diaryl/α,β-unsaturated/α-hetero) is 1. The van der Waals surface area contributed by atoms with Gasteiger partial charge in [0.2, 0.25) is 5.91 Å². The number of pyridine rings is 1. The molecule has 23 heavy (non-hydrogen) atoms. The fourth-order valence-corrected chi connectivity index (χ4v) is 4.44. The van der Waals surface area contributed by atoms with E-state index in [4.69, 9.17) is 11.6 Å². The van der Waals surface area contributed by atoms with Crippen molar-refractivity contribution in [1.29, 1.82) is 0 Å². The van der Waals surface area contributed by atoms with E-state index in [-0.39, 0.29) is 17.1 Å². The third kappa shape index (κ3) is 2.92. The molecule has 2 aliphatic heterocycles. The summed E-state index contributed by atoms with van der Waals surface area (Å²) in [5, 5.41) is -0.635. The van der Waals surface area contributed by atoms with Crippen molar-refractivity contribution in [2.45, 2.75) is 38.1 Å². The van der Waals surface area contributed by atoms with Crippen molar-refractivity contribution in [3.8, 4) is 0 Å². The molecule has 0 aliphatic carbocycles. The summed E-state index contributed by atoms with van der Waals surface area (Å²) < 4.78 is 2.02. The Kier molecular flexibility index (Phi) is 4.27. The molecule has 1 amide bonds. The van der Waals surface area contributed by atoms with Gasteiger partial charge in [0, 0.05) is 28.9 Å². The number of aromatic nitrogens is 1. The Labute approximate surface area is 145 Å². The Morgan fingerprint density at radius 2 is 2.00 bits per heavy atom. The Morgan fingerprint density at radius 3 is 2.61 bits per heavy atom. The van der Waals surface area contributed by atoms with Crippen LogP contribution in [0.1, 0.15) is 20.8 Å². The lowest BCUT2D eigenvalue weighted by Crippen LogP contribution is -2.63. The molecule has 0 radical (unpaired) electrons. The van der Waals surface area contributed by atoms with Gasteiger partial charge in [-0.05, 0) is 0 Å². The van der Waals surface area contributed by atoms with Gasteiger partial charge in [-0.1, -0.05) is 26.8 Å². The average molecular weight is 352 g/mol. The van der Waals surface area contributed by atoms with Crippen LogP contribution in [0.3, 0.4) is 0 Å². The summed E-state index contributed by atoms with van der Waals surface area (Å²) in [6.45, 7) is 6.26. The Bertz CT molecular complexity index is 682. The highest BCUT2D eigenvalue weighted by Gasteiger charge is 2.53. The highest BCUT2D eigenvalue weighted by Crippen LogP contribution is 2.44. The fraction of sp³-hybridized carbons (Fsp3) is 0.471. The van der Waals surface area contributed by atoms with Crippen molar-refractivity contribution < 1.29 is 14.2 Å². The number of halogens is 1. The van der Waals surface area contributed by atoms with E-state index in [1.165, 1.54) is 0 Å². The number of fused-ring (bicyclic) bond motifs is 1. The zero-order chi connectivity index (χ0) is 16.8. The Morgan fingerprint density at radius 1 is 1.35 bits per heavy atom. The van der Waals surface area contributed by atoms with Crippen LogP contribution in [0.15, 0.2) is 41.9 Å². The summed E-state index contributed by atoms with van der Waals surface area (Å²) in [5.74, 6) is 0.565. The zero-order valence-electron chi connectivity index (χ0n) is 13.5. The monoisotopic (exact) mass is 351 g/mol. The summed E-state index contributed by atoms with van der Waals surface area (Å²) in [5.41, 5.74) is 1.01. The lowest BCUT2D eigenvalue weighted by molar-refractivity contribution is -0.689. The van der Waals surface area contributed by atoms with Crippen molar-refractivity contribution in [3.05, 3.63) is 41.9 Å². The quantitative estimate of drug-likeness (QED) is 0.477. The first-order chi connectivity index (χ1) is 10.8. The van der Waals surface area contributed by atoms with E-state index in [0.29, 0.717) is 12.2 Å². The lowest BCUT2D eigenvalue weighted by Gasteiger charge is -2.48. The predicted octanol–water partition coefficient (Wildman–Crippen LogP) is 2.37. The molecule has 3 rings (SSSR count). The van der Waals surface area contributed by atoms with Crippen LogP contribution in [-0.2, 0) is 16.1 Å². The van der Waals surface area contributed by atoms with Gasteiger partial charge in [-0.3, -0.25) is 14.5 Å². The van der Waals surface area contributed by atoms with Crippen LogP contribution in [0.5, 0.6) is 0 Å². The van der Waals surface area contributed by atoms with E-state index in [1.54, 1.807) is 16.7 Å². The lowest BCUT2D eigenvalue weighted by atomic mass is 9.86. The number of alkyl halides is 1. The third-order valence-corrected chi connectivity index (χ3v) is 5.94. The standard InChI is InChI=1S/C17H20ClN2O2S/c1-17(2,3)14(21)13-11(9-19-7-5-4-6-8-19)10-23-16-12(18)15(22)20(13)16/h4-8,12,16H,9-10H2,1-3H3/q+1/t12-,16-/m0/s1. The number of nitrogens with zero attached hydrogens (tertiary/aromatic N) is 2. The molecule has 0 aromatic carbocycles. The van der Waals surface area contributed by atoms with Gasteiger partial charge in [-0.15, -0.1) is 23.4 Å². The number of β-lactam (4-membered cyclic amide) rings is 1. The Hall–Kier alpha value is -1.33. The molecule has 2 atom stereocenters. The van der Waals surface area contributed by atoms with E-state index in [1.807, 2.05) is 55.9 Å². The van der Waals surface area contributed by atoms with Crippen molar-refractivity contribution in [3.63, 3.8) is 0 Å². The van der Waals surface area contributed by atoms with E-state index >= 15 is 0 Å². The molecule has 122 valence electrons. The number of thioether (sulfide) groups is 1. The van der Waals surface area contributed by atoms with Gasteiger partial charge >= 0.3 is 0 Å². The first-order valence-electron chi connectivity index (χ1n) is 7.60. The minimum absolute atomic E-state index is 0.00578. The molecule has 1 saturated heterocycles. The highest BCUT2D eigenvalue weighted by molar-refractivity contribution is 8.00. The topological polar surface area (TPSA) is 41.3 Å². The summed E-state index contributed by atoms with van der Waals surface area (Å²) in [6.07, 6.45) is 3.93. The normalized spacial score (nSPS) is 24.3. The van der Waals surface area contributed by atoms with Crippen LogP contribution >= 0.6 is 23.4 Å². The second-order valence-corrected chi connectivity index (χ2v) is 8.47. The summed E-state index contributed by atoms with van der Waals surface area (Å²) in [7, 11) is 0. The van der Waals surface area contributed by atoms with Gasteiger partial charge in [0.25, 0.3) is 0 Å². The van der Waals surface area contributed by atoms with Gasteiger partial charge in [-0.25, -0.2) is 4.57 Å². The van der Waals surface area contributed by atoms with Crippen LogP contribution in [0.4, 0.5) is 0 Å². The van der Waals surface area contributed by atoms with Gasteiger partial charge in [0.15, 0.2) is 24.7 Å². The molecule has 2 aliphatic rings. The molecule has 0 unspecified atom stereocenters.